The van der Waals surface area contributed by atoms with Crippen molar-refractivity contribution >= 4 is 98.7 Å². The maximum Gasteiger partial charge on any atom is 0.407 e. The molecule has 6 aromatic rings. The van der Waals surface area contributed by atoms with Gasteiger partial charge < -0.3 is 20.1 Å². The quantitative estimate of drug-likeness (QED) is 0.0296. The first kappa shape index (κ1) is 63.4. The smallest absolute Gasteiger partial charge is 0.407 e. The molecule has 2 N–H and O–H groups in total. The maximum absolute atomic E-state index is 13.0. The monoisotopic (exact) mass is 1200 g/mol. The van der Waals surface area contributed by atoms with Crippen molar-refractivity contribution in [3.05, 3.63) is 57.5 Å². The van der Waals surface area contributed by atoms with E-state index in [0.29, 0.717) is 39.1 Å². The first-order valence-corrected chi connectivity index (χ1v) is 38.1. The van der Waals surface area contributed by atoms with Gasteiger partial charge in [0, 0.05) is 77.3 Å². The number of thiophene rings is 4. The van der Waals surface area contributed by atoms with Crippen LogP contribution in [0.1, 0.15) is 204 Å². The molecule has 8 nitrogen and oxygen atoms in total. The average Bonchev–Trinajstić information content (AvgIpc) is 3.22. The van der Waals surface area contributed by atoms with Gasteiger partial charge in [0.25, 0.3) is 0 Å². The average molecular weight is 1200 g/mol. The largest absolute Gasteiger partial charge is 0.449 e. The van der Waals surface area contributed by atoms with Gasteiger partial charge in [-0.15, -0.1) is 68.0 Å². The van der Waals surface area contributed by atoms with Crippen molar-refractivity contribution in [1.29, 1.82) is 0 Å². The number of fused-ring (bicyclic) bond motifs is 3. The van der Waals surface area contributed by atoms with Gasteiger partial charge in [-0.05, 0) is 96.4 Å². The van der Waals surface area contributed by atoms with Crippen LogP contribution in [0.4, 0.5) is 9.59 Å². The van der Waals surface area contributed by atoms with E-state index in [2.05, 4.69) is 90.3 Å². The van der Waals surface area contributed by atoms with Gasteiger partial charge in [0.15, 0.2) is 10.0 Å². The van der Waals surface area contributed by atoms with Crippen molar-refractivity contribution in [3.63, 3.8) is 0 Å². The van der Waals surface area contributed by atoms with Gasteiger partial charge in [0.05, 0.1) is 23.0 Å². The highest BCUT2D eigenvalue weighted by atomic mass is 32.1. The molecule has 0 bridgehead atoms. The van der Waals surface area contributed by atoms with E-state index in [9.17, 15) is 9.59 Å². The lowest BCUT2D eigenvalue weighted by Crippen LogP contribution is -2.56. The molecule has 0 aromatic carbocycles. The number of carbonyl (C=O) groups is 2. The maximum atomic E-state index is 13.0. The molecule has 7 rings (SSSR count). The molecule has 6 aromatic heterocycles. The highest BCUT2D eigenvalue weighted by Crippen LogP contribution is 2.50. The summed E-state index contributed by atoms with van der Waals surface area (Å²) in [6.45, 7) is 20.5. The second-order valence-corrected chi connectivity index (χ2v) is 33.1. The summed E-state index contributed by atoms with van der Waals surface area (Å²) < 4.78 is 11.5. The van der Waals surface area contributed by atoms with Crippen LogP contribution >= 0.6 is 68.0 Å². The number of thiazole rings is 2. The number of aromatic nitrogens is 2. The number of aryl methyl sites for hydroxylation is 2. The van der Waals surface area contributed by atoms with Gasteiger partial charge in [-0.2, -0.15) is 0 Å². The molecular weight excluding hydrogens is 1110 g/mol. The predicted molar refractivity (Wildman–Crippen MR) is 349 cm³/mol. The van der Waals surface area contributed by atoms with Crippen LogP contribution in [0.25, 0.3) is 49.0 Å². The highest BCUT2D eigenvalue weighted by molar-refractivity contribution is 7.33. The van der Waals surface area contributed by atoms with E-state index in [1.807, 2.05) is 46.4 Å². The minimum atomic E-state index is -2.12. The minimum absolute atomic E-state index is 0.312. The first-order valence-electron chi connectivity index (χ1n) is 30.8. The number of carbonyl (C=O) groups excluding carboxylic acids is 2. The number of nitrogens with one attached hydrogen (secondary N) is 2. The molecule has 0 aliphatic carbocycles. The summed E-state index contributed by atoms with van der Waals surface area (Å²) in [6.07, 6.45) is 31.9. The van der Waals surface area contributed by atoms with Crippen molar-refractivity contribution in [2.75, 3.05) is 26.3 Å². The summed E-state index contributed by atoms with van der Waals surface area (Å²) in [5, 5.41) is 11.2. The Balaban J connectivity index is 1.12. The summed E-state index contributed by atoms with van der Waals surface area (Å²) in [5.74, 6) is 1.50. The number of amides is 2. The van der Waals surface area contributed by atoms with Crippen LogP contribution < -0.4 is 21.0 Å². The van der Waals surface area contributed by atoms with Crippen LogP contribution in [-0.2, 0) is 22.3 Å². The number of alkyl carbamates (subject to hydrolysis) is 2. The molecule has 7 heterocycles. The predicted octanol–water partition coefficient (Wildman–Crippen LogP) is 20.1. The molecule has 2 atom stereocenters. The number of hydrogen-bond donors (Lipinski definition) is 2. The van der Waals surface area contributed by atoms with Gasteiger partial charge in [-0.3, -0.25) is 0 Å². The van der Waals surface area contributed by atoms with Gasteiger partial charge in [-0.25, -0.2) is 19.6 Å². The topological polar surface area (TPSA) is 102 Å². The Hall–Kier alpha value is -3.18. The van der Waals surface area contributed by atoms with E-state index >= 15 is 0 Å². The molecule has 434 valence electrons. The standard InChI is InChI=1S/C64H94N4O4S6Si/c1-9-15-19-21-23-25-27-33-65-63(69)71-35-31-49-37-45(7)73-57(49)53-41-67-61(77-53)62-68-42-54(78-62)58-50(32-36-72-64(70)66-34-28-26-24-22-20-16-10-2)39-51(75-58)52-40-56-60(76-52)59-55(38-46(8)74-59)79(56,43-47(13-5)29-17-11-3)44-48(14-6)30-18-12-4/h37-42,47-48H,9-36,43-44H2,1-8H3,(H,65,69)(H,66,70). The van der Waals surface area contributed by atoms with Crippen LogP contribution in [0.15, 0.2) is 36.7 Å². The Morgan fingerprint density at radius 1 is 0.481 bits per heavy atom. The number of nitrogens with zero attached hydrogens (tertiary/aromatic N) is 2. The van der Waals surface area contributed by atoms with Crippen molar-refractivity contribution in [3.8, 4) is 49.0 Å². The Labute approximate surface area is 500 Å². The van der Waals surface area contributed by atoms with Crippen molar-refractivity contribution in [2.45, 2.75) is 222 Å². The molecule has 1 aliphatic heterocycles. The number of unbranched alkanes of at least 4 members (excludes halogenated alkanes) is 14. The molecule has 0 saturated carbocycles. The SMILES string of the molecule is CCCCCCCCCNC(=O)OCCc1cc(C)sc1-c1cnc(-c2ncc(-c3sc(-c4cc5c(s4)-c4sc(C)cc4[Si]5(CC(CC)CCCC)CC(CC)CCCC)cc3CCOC(=O)NCCCCCCCCC)s2)s1. The molecule has 0 spiro atoms. The zero-order chi connectivity index (χ0) is 56.0. The Morgan fingerprint density at radius 3 is 1.42 bits per heavy atom. The van der Waals surface area contributed by atoms with Crippen molar-refractivity contribution < 1.29 is 19.1 Å². The third-order valence-electron chi connectivity index (χ3n) is 16.1. The second-order valence-electron chi connectivity index (χ2n) is 22.4. The fraction of sp³-hybridized carbons (Fsp3) is 0.625. The molecule has 2 amide bonds. The van der Waals surface area contributed by atoms with Crippen molar-refractivity contribution in [2.24, 2.45) is 11.8 Å². The lowest BCUT2D eigenvalue weighted by Gasteiger charge is -2.35. The minimum Gasteiger partial charge on any atom is -0.449 e. The summed E-state index contributed by atoms with van der Waals surface area (Å²) >= 11 is 11.1. The van der Waals surface area contributed by atoms with E-state index in [1.54, 1.807) is 54.1 Å². The van der Waals surface area contributed by atoms with Crippen LogP contribution in [0.3, 0.4) is 0 Å². The number of hydrogen-bond acceptors (Lipinski definition) is 12. The summed E-state index contributed by atoms with van der Waals surface area (Å²) in [7, 11) is -2.12. The molecule has 79 heavy (non-hydrogen) atoms. The van der Waals surface area contributed by atoms with E-state index in [1.165, 1.54) is 168 Å². The Kier molecular flexibility index (Phi) is 26.6. The lowest BCUT2D eigenvalue weighted by atomic mass is 10.0. The van der Waals surface area contributed by atoms with Crippen LogP contribution in [0.5, 0.6) is 0 Å². The fourth-order valence-electron chi connectivity index (χ4n) is 11.6. The molecule has 0 saturated heterocycles. The normalized spacial score (nSPS) is 14.6. The Morgan fingerprint density at radius 2 is 0.899 bits per heavy atom. The van der Waals surface area contributed by atoms with Crippen LogP contribution in [0.2, 0.25) is 12.1 Å². The van der Waals surface area contributed by atoms with Gasteiger partial charge in [0.1, 0.15) is 8.07 Å². The van der Waals surface area contributed by atoms with Gasteiger partial charge in [-0.1, -0.05) is 170 Å². The number of ether oxygens (including phenoxy) is 2. The van der Waals surface area contributed by atoms with Crippen LogP contribution in [0, 0.1) is 25.7 Å². The molecular formula is C64H94N4O4S6Si. The molecule has 0 radical (unpaired) electrons. The molecule has 1 aliphatic rings. The van der Waals surface area contributed by atoms with Gasteiger partial charge >= 0.3 is 12.2 Å². The summed E-state index contributed by atoms with van der Waals surface area (Å²) in [6, 6.07) is 12.7. The summed E-state index contributed by atoms with van der Waals surface area (Å²) in [5.41, 5.74) is 2.37. The Bertz CT molecular complexity index is 2750. The third-order valence-corrected chi connectivity index (χ3v) is 29.2. The van der Waals surface area contributed by atoms with Crippen molar-refractivity contribution in [1.82, 2.24) is 20.6 Å². The second kappa shape index (κ2) is 33.2. The fourth-order valence-corrected chi connectivity index (χ4v) is 26.4. The van der Waals surface area contributed by atoms with E-state index < -0.39 is 8.07 Å². The lowest BCUT2D eigenvalue weighted by molar-refractivity contribution is 0.146. The number of rotatable bonds is 38. The third kappa shape index (κ3) is 17.9. The van der Waals surface area contributed by atoms with E-state index in [4.69, 9.17) is 19.4 Å². The zero-order valence-corrected chi connectivity index (χ0v) is 55.2. The zero-order valence-electron chi connectivity index (χ0n) is 49.3. The van der Waals surface area contributed by atoms with E-state index in [0.717, 1.165) is 57.3 Å². The molecule has 2 unspecified atom stereocenters. The molecule has 15 heteroatoms. The van der Waals surface area contributed by atoms with Crippen LogP contribution in [-0.4, -0.2) is 56.5 Å². The summed E-state index contributed by atoms with van der Waals surface area (Å²) in [4.78, 5) is 48.7. The molecule has 0 fully saturated rings. The highest BCUT2D eigenvalue weighted by Gasteiger charge is 2.49. The van der Waals surface area contributed by atoms with Gasteiger partial charge in [0.2, 0.25) is 0 Å². The van der Waals surface area contributed by atoms with E-state index in [-0.39, 0.29) is 12.2 Å². The first-order chi connectivity index (χ1) is 38.5.